The fourth-order valence-electron chi connectivity index (χ4n) is 7.07. The molecule has 5 atom stereocenters. The van der Waals surface area contributed by atoms with Gasteiger partial charge in [-0.25, -0.2) is 0 Å². The van der Waals surface area contributed by atoms with Crippen molar-refractivity contribution in [2.45, 2.75) is 76.2 Å². The highest BCUT2D eigenvalue weighted by molar-refractivity contribution is 6.02. The molecule has 1 saturated carbocycles. The van der Waals surface area contributed by atoms with E-state index in [1.807, 2.05) is 26.0 Å². The molecule has 1 spiro atoms. The highest BCUT2D eigenvalue weighted by Crippen LogP contribution is 2.55. The molecule has 8 nitrogen and oxygen atoms in total. The minimum Gasteiger partial charge on any atom is -0.494 e. The molecule has 3 aliphatic heterocycles. The van der Waals surface area contributed by atoms with Gasteiger partial charge in [0.25, 0.3) is 0 Å². The number of carbonyl (C=O) groups excluding carboxylic acids is 3. The van der Waals surface area contributed by atoms with Crippen LogP contribution >= 0.6 is 0 Å². The number of anilines is 1. The second-order valence-electron chi connectivity index (χ2n) is 11.8. The quantitative estimate of drug-likeness (QED) is 0.451. The molecule has 1 aliphatic carbocycles. The molecule has 8 heteroatoms. The molecule has 0 radical (unpaired) electrons. The third-order valence-electron chi connectivity index (χ3n) is 9.07. The van der Waals surface area contributed by atoms with Crippen LogP contribution in [0.2, 0.25) is 0 Å². The van der Waals surface area contributed by atoms with E-state index in [1.54, 1.807) is 29.2 Å². The van der Waals surface area contributed by atoms with Crippen LogP contribution in [0, 0.1) is 18.8 Å². The zero-order chi connectivity index (χ0) is 28.6. The van der Waals surface area contributed by atoms with Crippen LogP contribution < -0.4 is 15.4 Å². The average Bonchev–Trinajstić information content (AvgIpc) is 3.62. The number of aryl methyl sites for hydroxylation is 1. The number of nitrogens with one attached hydrogen (secondary N) is 2. The molecule has 0 aromatic heterocycles. The van der Waals surface area contributed by atoms with Gasteiger partial charge in [0.05, 0.1) is 24.5 Å². The molecule has 3 amide bonds. The molecular formula is C33H39N3O5. The number of nitrogens with zero attached hydrogens (tertiary/aromatic N) is 1. The second kappa shape index (κ2) is 11.3. The van der Waals surface area contributed by atoms with Crippen LogP contribution in [-0.2, 0) is 25.5 Å². The Morgan fingerprint density at radius 2 is 1.76 bits per heavy atom. The van der Waals surface area contributed by atoms with Crippen molar-refractivity contribution < 1.29 is 23.9 Å². The van der Waals surface area contributed by atoms with E-state index in [0.29, 0.717) is 25.3 Å². The van der Waals surface area contributed by atoms with E-state index < -0.39 is 29.6 Å². The number of hydrogen-bond donors (Lipinski definition) is 2. The number of fused-ring (bicyclic) bond motifs is 1. The number of amides is 3. The van der Waals surface area contributed by atoms with Crippen molar-refractivity contribution in [1.82, 2.24) is 10.2 Å². The SMILES string of the molecule is CCOc1ccc(NC(=O)C2C3C=CC4(O3)C2C(=O)N(CCc2ccc(C)cc2)C4C(=O)NC2CCCCC2)cc1. The summed E-state index contributed by atoms with van der Waals surface area (Å²) in [6, 6.07) is 14.7. The van der Waals surface area contributed by atoms with Gasteiger partial charge in [-0.3, -0.25) is 14.4 Å². The Kier molecular flexibility index (Phi) is 7.60. The fourth-order valence-corrected chi connectivity index (χ4v) is 7.07. The molecule has 41 heavy (non-hydrogen) atoms. The highest BCUT2D eigenvalue weighted by Gasteiger charge is 2.72. The Bertz CT molecular complexity index is 1320. The molecule has 3 fully saturated rings. The number of likely N-dealkylation sites (tertiary alicyclic amines) is 1. The first kappa shape index (κ1) is 27.5. The summed E-state index contributed by atoms with van der Waals surface area (Å²) in [6.07, 6.45) is 9.03. The van der Waals surface area contributed by atoms with Crippen molar-refractivity contribution in [1.29, 1.82) is 0 Å². The highest BCUT2D eigenvalue weighted by atomic mass is 16.5. The summed E-state index contributed by atoms with van der Waals surface area (Å²) in [5.41, 5.74) is 1.72. The van der Waals surface area contributed by atoms with Crippen LogP contribution in [0.1, 0.15) is 50.2 Å². The van der Waals surface area contributed by atoms with Gasteiger partial charge in [0, 0.05) is 18.3 Å². The monoisotopic (exact) mass is 557 g/mol. The number of benzene rings is 2. The second-order valence-corrected chi connectivity index (χ2v) is 11.8. The average molecular weight is 558 g/mol. The first-order valence-corrected chi connectivity index (χ1v) is 15.0. The molecule has 3 heterocycles. The topological polar surface area (TPSA) is 97.0 Å². The Morgan fingerprint density at radius 1 is 1.02 bits per heavy atom. The van der Waals surface area contributed by atoms with E-state index in [0.717, 1.165) is 37.0 Å². The Labute approximate surface area is 241 Å². The van der Waals surface area contributed by atoms with Crippen LogP contribution in [0.25, 0.3) is 0 Å². The van der Waals surface area contributed by atoms with Crippen LogP contribution in [0.3, 0.4) is 0 Å². The summed E-state index contributed by atoms with van der Waals surface area (Å²) < 4.78 is 12.0. The lowest BCUT2D eigenvalue weighted by molar-refractivity contribution is -0.141. The van der Waals surface area contributed by atoms with Crippen LogP contribution in [0.15, 0.2) is 60.7 Å². The molecule has 2 bridgehead atoms. The third-order valence-corrected chi connectivity index (χ3v) is 9.07. The normalized spacial score (nSPS) is 28.5. The summed E-state index contributed by atoms with van der Waals surface area (Å²) >= 11 is 0. The molecular weight excluding hydrogens is 518 g/mol. The van der Waals surface area contributed by atoms with Gasteiger partial charge >= 0.3 is 0 Å². The lowest BCUT2D eigenvalue weighted by atomic mass is 9.74. The van der Waals surface area contributed by atoms with Crippen LogP contribution in [0.5, 0.6) is 5.75 Å². The van der Waals surface area contributed by atoms with Gasteiger partial charge in [0.1, 0.15) is 17.4 Å². The van der Waals surface area contributed by atoms with Gasteiger partial charge in [0.2, 0.25) is 17.7 Å². The van der Waals surface area contributed by atoms with E-state index in [-0.39, 0.29) is 23.8 Å². The molecule has 2 aromatic carbocycles. The van der Waals surface area contributed by atoms with Crippen molar-refractivity contribution in [3.05, 3.63) is 71.8 Å². The minimum absolute atomic E-state index is 0.0992. The predicted octanol–water partition coefficient (Wildman–Crippen LogP) is 4.17. The van der Waals surface area contributed by atoms with Gasteiger partial charge in [-0.05, 0) is 62.9 Å². The first-order valence-electron chi connectivity index (χ1n) is 15.0. The van der Waals surface area contributed by atoms with E-state index in [2.05, 4.69) is 34.9 Å². The lowest BCUT2D eigenvalue weighted by Crippen LogP contribution is -2.56. The molecule has 2 aromatic rings. The summed E-state index contributed by atoms with van der Waals surface area (Å²) in [6.45, 7) is 4.89. The van der Waals surface area contributed by atoms with Crippen LogP contribution in [0.4, 0.5) is 5.69 Å². The largest absolute Gasteiger partial charge is 0.494 e. The van der Waals surface area contributed by atoms with Gasteiger partial charge < -0.3 is 25.0 Å². The Balaban J connectivity index is 1.26. The molecule has 2 saturated heterocycles. The maximum atomic E-state index is 14.2. The van der Waals surface area contributed by atoms with Gasteiger partial charge in [-0.2, -0.15) is 0 Å². The van der Waals surface area contributed by atoms with E-state index in [4.69, 9.17) is 9.47 Å². The number of ether oxygens (including phenoxy) is 2. The predicted molar refractivity (Wildman–Crippen MR) is 155 cm³/mol. The smallest absolute Gasteiger partial charge is 0.246 e. The molecule has 216 valence electrons. The van der Waals surface area contributed by atoms with E-state index in [1.165, 1.54) is 12.0 Å². The van der Waals surface area contributed by atoms with E-state index >= 15 is 0 Å². The van der Waals surface area contributed by atoms with Crippen LogP contribution in [-0.4, -0.2) is 59.6 Å². The number of hydrogen-bond acceptors (Lipinski definition) is 5. The maximum absolute atomic E-state index is 14.2. The standard InChI is InChI=1S/C33H39N3O5/c1-3-40-25-15-13-24(14-16-25)34-30(37)27-26-17-19-33(41-26)28(27)32(39)36(20-18-22-11-9-21(2)10-12-22)29(33)31(38)35-23-7-5-4-6-8-23/h9-17,19,23,26-29H,3-8,18,20H2,1-2H3,(H,34,37)(H,35,38). The summed E-state index contributed by atoms with van der Waals surface area (Å²) in [5, 5.41) is 6.22. The number of rotatable bonds is 9. The van der Waals surface area contributed by atoms with Crippen molar-refractivity contribution in [2.75, 3.05) is 18.5 Å². The minimum atomic E-state index is -1.16. The first-order chi connectivity index (χ1) is 19.9. The lowest BCUT2D eigenvalue weighted by Gasteiger charge is -2.34. The summed E-state index contributed by atoms with van der Waals surface area (Å²) in [7, 11) is 0. The maximum Gasteiger partial charge on any atom is 0.246 e. The zero-order valence-electron chi connectivity index (χ0n) is 23.8. The van der Waals surface area contributed by atoms with Crippen molar-refractivity contribution in [3.63, 3.8) is 0 Å². The summed E-state index contributed by atoms with van der Waals surface area (Å²) in [5.74, 6) is -1.43. The van der Waals surface area contributed by atoms with Gasteiger partial charge in [0.15, 0.2) is 0 Å². The van der Waals surface area contributed by atoms with Crippen molar-refractivity contribution in [2.24, 2.45) is 11.8 Å². The van der Waals surface area contributed by atoms with Gasteiger partial charge in [-0.15, -0.1) is 0 Å². The van der Waals surface area contributed by atoms with Crippen molar-refractivity contribution in [3.8, 4) is 5.75 Å². The third kappa shape index (κ3) is 5.14. The molecule has 2 N–H and O–H groups in total. The van der Waals surface area contributed by atoms with E-state index in [9.17, 15) is 14.4 Å². The molecule has 5 unspecified atom stereocenters. The Hall–Kier alpha value is -3.65. The van der Waals surface area contributed by atoms with Gasteiger partial charge in [-0.1, -0.05) is 61.2 Å². The molecule has 4 aliphatic rings. The fraction of sp³-hybridized carbons (Fsp3) is 0.485. The number of carbonyl (C=O) groups is 3. The Morgan fingerprint density at radius 3 is 2.46 bits per heavy atom. The van der Waals surface area contributed by atoms with Crippen molar-refractivity contribution >= 4 is 23.4 Å². The molecule has 6 rings (SSSR count). The summed E-state index contributed by atoms with van der Waals surface area (Å²) in [4.78, 5) is 43.5. The zero-order valence-corrected chi connectivity index (χ0v) is 23.8.